The van der Waals surface area contributed by atoms with Crippen LogP contribution < -0.4 is 5.32 Å². The molecular formula is C25H19NO3. The van der Waals surface area contributed by atoms with E-state index in [-0.39, 0.29) is 17.2 Å². The summed E-state index contributed by atoms with van der Waals surface area (Å²) in [7, 11) is 0. The highest BCUT2D eigenvalue weighted by Gasteiger charge is 2.13. The largest absolute Gasteiger partial charge is 0.478 e. The molecule has 142 valence electrons. The molecule has 0 heterocycles. The van der Waals surface area contributed by atoms with Gasteiger partial charge < -0.3 is 10.4 Å². The Balaban J connectivity index is 1.48. The van der Waals surface area contributed by atoms with E-state index in [2.05, 4.69) is 35.6 Å². The number of carbonyl (C=O) groups excluding carboxylic acids is 1. The molecule has 0 aromatic heterocycles. The van der Waals surface area contributed by atoms with Gasteiger partial charge in [0, 0.05) is 5.56 Å². The first-order valence-corrected chi connectivity index (χ1v) is 9.30. The molecule has 4 heteroatoms. The second-order valence-corrected chi connectivity index (χ2v) is 6.86. The lowest BCUT2D eigenvalue weighted by Gasteiger charge is -2.09. The van der Waals surface area contributed by atoms with Crippen molar-refractivity contribution in [2.75, 3.05) is 5.32 Å². The number of anilines is 1. The molecule has 0 atom stereocenters. The van der Waals surface area contributed by atoms with Crippen molar-refractivity contribution in [2.24, 2.45) is 0 Å². The molecule has 2 N–H and O–H groups in total. The summed E-state index contributed by atoms with van der Waals surface area (Å²) in [5, 5.41) is 14.3. The second kappa shape index (κ2) is 7.98. The van der Waals surface area contributed by atoms with Crippen molar-refractivity contribution in [2.45, 2.75) is 6.42 Å². The average Bonchev–Trinajstić information content (AvgIpc) is 2.74. The van der Waals surface area contributed by atoms with Crippen LogP contribution in [0.2, 0.25) is 0 Å². The zero-order valence-electron chi connectivity index (χ0n) is 15.6. The van der Waals surface area contributed by atoms with Gasteiger partial charge in [0.15, 0.2) is 0 Å². The molecule has 0 radical (unpaired) electrons. The van der Waals surface area contributed by atoms with Gasteiger partial charge in [-0.05, 0) is 52.6 Å². The van der Waals surface area contributed by atoms with E-state index >= 15 is 0 Å². The van der Waals surface area contributed by atoms with Crippen LogP contribution in [0.15, 0.2) is 91.0 Å². The Kier molecular flexibility index (Phi) is 5.08. The summed E-state index contributed by atoms with van der Waals surface area (Å²) in [5.74, 6) is -1.41. The average molecular weight is 381 g/mol. The Morgan fingerprint density at radius 1 is 0.724 bits per heavy atom. The van der Waals surface area contributed by atoms with E-state index in [1.54, 1.807) is 30.3 Å². The maximum absolute atomic E-state index is 12.5. The van der Waals surface area contributed by atoms with E-state index in [4.69, 9.17) is 0 Å². The Morgan fingerprint density at radius 2 is 1.38 bits per heavy atom. The predicted molar refractivity (Wildman–Crippen MR) is 115 cm³/mol. The van der Waals surface area contributed by atoms with Crippen LogP contribution in [-0.4, -0.2) is 17.0 Å². The van der Waals surface area contributed by atoms with Gasteiger partial charge in [0.05, 0.1) is 11.3 Å². The van der Waals surface area contributed by atoms with E-state index in [1.165, 1.54) is 22.4 Å². The van der Waals surface area contributed by atoms with Crippen molar-refractivity contribution >= 4 is 28.3 Å². The van der Waals surface area contributed by atoms with Crippen molar-refractivity contribution in [3.63, 3.8) is 0 Å². The molecule has 0 saturated heterocycles. The fraction of sp³-hybridized carbons (Fsp3) is 0.0400. The Morgan fingerprint density at radius 3 is 2.14 bits per heavy atom. The number of rotatable bonds is 5. The number of nitrogens with one attached hydrogen (secondary N) is 1. The summed E-state index contributed by atoms with van der Waals surface area (Å²) in [6.07, 6.45) is 0.772. The van der Waals surface area contributed by atoms with Gasteiger partial charge in [-0.25, -0.2) is 4.79 Å². The molecule has 0 fully saturated rings. The summed E-state index contributed by atoms with van der Waals surface area (Å²) in [6.45, 7) is 0. The van der Waals surface area contributed by atoms with Crippen molar-refractivity contribution < 1.29 is 14.7 Å². The van der Waals surface area contributed by atoms with Crippen LogP contribution in [0, 0.1) is 0 Å². The number of para-hydroxylation sites is 1. The van der Waals surface area contributed by atoms with Gasteiger partial charge in [-0.1, -0.05) is 66.7 Å². The van der Waals surface area contributed by atoms with Gasteiger partial charge >= 0.3 is 5.97 Å². The van der Waals surface area contributed by atoms with Crippen LogP contribution in [0.3, 0.4) is 0 Å². The molecule has 0 aliphatic heterocycles. The van der Waals surface area contributed by atoms with Crippen LogP contribution in [0.5, 0.6) is 0 Å². The fourth-order valence-electron chi connectivity index (χ4n) is 3.33. The molecular weight excluding hydrogens is 362 g/mol. The zero-order valence-corrected chi connectivity index (χ0v) is 15.6. The van der Waals surface area contributed by atoms with Gasteiger partial charge in [-0.15, -0.1) is 0 Å². The summed E-state index contributed by atoms with van der Waals surface area (Å²) in [6, 6.07) is 28.4. The Labute approximate surface area is 168 Å². The van der Waals surface area contributed by atoms with Crippen LogP contribution in [0.1, 0.15) is 31.8 Å². The lowest BCUT2D eigenvalue weighted by Crippen LogP contribution is -2.14. The normalized spacial score (nSPS) is 10.6. The van der Waals surface area contributed by atoms with E-state index in [0.29, 0.717) is 5.56 Å². The first-order chi connectivity index (χ1) is 14.1. The highest BCUT2D eigenvalue weighted by atomic mass is 16.4. The highest BCUT2D eigenvalue weighted by Crippen LogP contribution is 2.19. The molecule has 1 amide bonds. The van der Waals surface area contributed by atoms with Gasteiger partial charge in [0.2, 0.25) is 0 Å². The number of carboxylic acids is 1. The number of fused-ring (bicyclic) bond motifs is 1. The minimum absolute atomic E-state index is 0.0637. The quantitative estimate of drug-likeness (QED) is 0.488. The molecule has 4 rings (SSSR count). The molecule has 4 nitrogen and oxygen atoms in total. The van der Waals surface area contributed by atoms with Gasteiger partial charge in [-0.2, -0.15) is 0 Å². The molecule has 4 aromatic rings. The molecule has 4 aromatic carbocycles. The Bertz CT molecular complexity index is 1200. The predicted octanol–water partition coefficient (Wildman–Crippen LogP) is 5.38. The van der Waals surface area contributed by atoms with Crippen LogP contribution in [-0.2, 0) is 6.42 Å². The lowest BCUT2D eigenvalue weighted by atomic mass is 10.0. The molecule has 0 bridgehead atoms. The van der Waals surface area contributed by atoms with Gasteiger partial charge in [0.1, 0.15) is 0 Å². The van der Waals surface area contributed by atoms with Gasteiger partial charge in [-0.3, -0.25) is 4.79 Å². The third-order valence-electron chi connectivity index (χ3n) is 4.84. The van der Waals surface area contributed by atoms with E-state index in [9.17, 15) is 14.7 Å². The summed E-state index contributed by atoms with van der Waals surface area (Å²) in [5.41, 5.74) is 3.13. The monoisotopic (exact) mass is 381 g/mol. The number of amides is 1. The highest BCUT2D eigenvalue weighted by molar-refractivity contribution is 6.07. The third kappa shape index (κ3) is 4.17. The number of hydrogen-bond donors (Lipinski definition) is 2. The van der Waals surface area contributed by atoms with Crippen LogP contribution >= 0.6 is 0 Å². The first kappa shape index (κ1) is 18.4. The molecule has 0 unspecified atom stereocenters. The van der Waals surface area contributed by atoms with Crippen molar-refractivity contribution in [1.29, 1.82) is 0 Å². The van der Waals surface area contributed by atoms with Crippen molar-refractivity contribution in [3.05, 3.63) is 113 Å². The fourth-order valence-corrected chi connectivity index (χ4v) is 3.33. The van der Waals surface area contributed by atoms with E-state index in [0.717, 1.165) is 12.0 Å². The molecule has 0 saturated carbocycles. The minimum Gasteiger partial charge on any atom is -0.478 e. The summed E-state index contributed by atoms with van der Waals surface area (Å²) in [4.78, 5) is 23.8. The van der Waals surface area contributed by atoms with Gasteiger partial charge in [0.25, 0.3) is 5.91 Å². The summed E-state index contributed by atoms with van der Waals surface area (Å²) < 4.78 is 0. The van der Waals surface area contributed by atoms with E-state index < -0.39 is 5.97 Å². The number of carboxylic acid groups (broad SMARTS) is 1. The molecule has 0 spiro atoms. The second-order valence-electron chi connectivity index (χ2n) is 6.86. The number of carbonyl (C=O) groups is 2. The maximum atomic E-state index is 12.5. The van der Waals surface area contributed by atoms with Crippen molar-refractivity contribution in [3.8, 4) is 0 Å². The first-order valence-electron chi connectivity index (χ1n) is 9.30. The minimum atomic E-state index is -1.08. The lowest BCUT2D eigenvalue weighted by molar-refractivity contribution is 0.0698. The number of aromatic carboxylic acids is 1. The molecule has 0 aliphatic rings. The number of hydrogen-bond acceptors (Lipinski definition) is 2. The molecule has 0 aliphatic carbocycles. The smallest absolute Gasteiger partial charge is 0.337 e. The SMILES string of the molecule is O=C(Nc1ccccc1C(=O)O)c1ccc(Cc2ccc3ccccc3c2)cc1. The topological polar surface area (TPSA) is 66.4 Å². The van der Waals surface area contributed by atoms with Crippen LogP contribution in [0.25, 0.3) is 10.8 Å². The van der Waals surface area contributed by atoms with Crippen molar-refractivity contribution in [1.82, 2.24) is 0 Å². The third-order valence-corrected chi connectivity index (χ3v) is 4.84. The standard InChI is InChI=1S/C25H19NO3/c27-24(26-23-8-4-3-7-22(23)25(28)29)20-13-9-17(10-14-20)15-18-11-12-19-5-1-2-6-21(19)16-18/h1-14,16H,15H2,(H,26,27)(H,28,29). The Hall–Kier alpha value is -3.92. The number of benzene rings is 4. The maximum Gasteiger partial charge on any atom is 0.337 e. The summed E-state index contributed by atoms with van der Waals surface area (Å²) >= 11 is 0. The van der Waals surface area contributed by atoms with E-state index in [1.807, 2.05) is 24.3 Å². The zero-order chi connectivity index (χ0) is 20.2. The van der Waals surface area contributed by atoms with Crippen LogP contribution in [0.4, 0.5) is 5.69 Å². The molecule has 29 heavy (non-hydrogen) atoms.